The standard InChI is InChI=1S/C6H17NP.H2O/c1-4-8(7,5-2)6-3;/h4-7H2,1-3H3;1H2/q+1;. The molecule has 0 aliphatic carbocycles. The molecule has 0 aromatic heterocycles. The zero-order chi connectivity index (χ0) is 6.62. The van der Waals surface area contributed by atoms with E-state index in [1.807, 2.05) is 0 Å². The highest BCUT2D eigenvalue weighted by Crippen LogP contribution is 2.48. The van der Waals surface area contributed by atoms with Gasteiger partial charge < -0.3 is 5.48 Å². The highest BCUT2D eigenvalue weighted by Gasteiger charge is 2.24. The molecule has 0 aromatic rings. The van der Waals surface area contributed by atoms with E-state index in [1.165, 1.54) is 18.5 Å². The highest BCUT2D eigenvalue weighted by molar-refractivity contribution is 7.73. The highest BCUT2D eigenvalue weighted by atomic mass is 31.2. The molecule has 0 unspecified atom stereocenters. The molecule has 4 N–H and O–H groups in total. The van der Waals surface area contributed by atoms with Crippen LogP contribution in [0.15, 0.2) is 0 Å². The first-order valence-corrected chi connectivity index (χ1v) is 5.74. The third kappa shape index (κ3) is 3.85. The third-order valence-electron chi connectivity index (χ3n) is 1.89. The van der Waals surface area contributed by atoms with Crippen LogP contribution in [0.5, 0.6) is 0 Å². The second kappa shape index (κ2) is 5.16. The average Bonchev–Trinajstić information content (AvgIpc) is 1.87. The minimum Gasteiger partial charge on any atom is -0.412 e. The minimum atomic E-state index is -0.912. The van der Waals surface area contributed by atoms with Crippen molar-refractivity contribution in [1.82, 2.24) is 0 Å². The van der Waals surface area contributed by atoms with Crippen LogP contribution in [0.25, 0.3) is 0 Å². The van der Waals surface area contributed by atoms with Crippen molar-refractivity contribution in [1.29, 1.82) is 0 Å². The Morgan fingerprint density at radius 3 is 1.22 bits per heavy atom. The van der Waals surface area contributed by atoms with E-state index in [-0.39, 0.29) is 5.48 Å². The normalized spacial score (nSPS) is 10.7. The van der Waals surface area contributed by atoms with Crippen LogP contribution in [0.1, 0.15) is 20.8 Å². The van der Waals surface area contributed by atoms with Gasteiger partial charge in [0.1, 0.15) is 0 Å². The topological polar surface area (TPSA) is 57.5 Å². The van der Waals surface area contributed by atoms with Gasteiger partial charge in [-0.15, -0.1) is 0 Å². The Balaban J connectivity index is 0. The zero-order valence-corrected chi connectivity index (χ0v) is 7.54. The maximum atomic E-state index is 6.01. The first-order valence-electron chi connectivity index (χ1n) is 3.33. The van der Waals surface area contributed by atoms with E-state index < -0.39 is 7.41 Å². The Hall–Kier alpha value is 0.350. The fourth-order valence-electron chi connectivity index (χ4n) is 0.671. The third-order valence-corrected chi connectivity index (χ3v) is 5.67. The Morgan fingerprint density at radius 2 is 1.22 bits per heavy atom. The summed E-state index contributed by atoms with van der Waals surface area (Å²) >= 11 is 0. The molecule has 0 spiro atoms. The summed E-state index contributed by atoms with van der Waals surface area (Å²) < 4.78 is 0. The van der Waals surface area contributed by atoms with Crippen LogP contribution in [0.4, 0.5) is 0 Å². The molecule has 9 heavy (non-hydrogen) atoms. The van der Waals surface area contributed by atoms with Crippen LogP contribution in [0, 0.1) is 0 Å². The van der Waals surface area contributed by atoms with Gasteiger partial charge in [-0.2, -0.15) is 0 Å². The van der Waals surface area contributed by atoms with E-state index in [9.17, 15) is 0 Å². The van der Waals surface area contributed by atoms with Crippen molar-refractivity contribution in [2.75, 3.05) is 18.5 Å². The Labute approximate surface area is 58.5 Å². The summed E-state index contributed by atoms with van der Waals surface area (Å²) in [5.74, 6) is 0. The van der Waals surface area contributed by atoms with Crippen LogP contribution < -0.4 is 5.50 Å². The maximum absolute atomic E-state index is 6.01. The molecule has 0 rings (SSSR count). The Bertz CT molecular complexity index is 55.8. The van der Waals surface area contributed by atoms with Crippen LogP contribution in [-0.4, -0.2) is 24.0 Å². The van der Waals surface area contributed by atoms with E-state index in [2.05, 4.69) is 20.8 Å². The molecule has 3 heteroatoms. The van der Waals surface area contributed by atoms with Crippen LogP contribution in [0.2, 0.25) is 0 Å². The molecule has 0 aliphatic heterocycles. The molecular formula is C6H19NOP+. The minimum absolute atomic E-state index is 0. The predicted molar refractivity (Wildman–Crippen MR) is 46.3 cm³/mol. The predicted octanol–water partition coefficient (Wildman–Crippen LogP) is 1.11. The summed E-state index contributed by atoms with van der Waals surface area (Å²) in [5.41, 5.74) is 6.01. The lowest BCUT2D eigenvalue weighted by Gasteiger charge is -2.15. The Kier molecular flexibility index (Phi) is 6.92. The van der Waals surface area contributed by atoms with Crippen molar-refractivity contribution in [3.8, 4) is 0 Å². The fourth-order valence-corrected chi connectivity index (χ4v) is 2.01. The van der Waals surface area contributed by atoms with Crippen molar-refractivity contribution in [2.24, 2.45) is 5.50 Å². The summed E-state index contributed by atoms with van der Waals surface area (Å²) in [5, 5.41) is 0. The van der Waals surface area contributed by atoms with Crippen LogP contribution in [0.3, 0.4) is 0 Å². The SMILES string of the molecule is CC[P+](N)(CC)CC.O. The molecule has 0 heterocycles. The van der Waals surface area contributed by atoms with E-state index >= 15 is 0 Å². The van der Waals surface area contributed by atoms with Gasteiger partial charge >= 0.3 is 0 Å². The van der Waals surface area contributed by atoms with Gasteiger partial charge in [-0.25, -0.2) is 5.50 Å². The van der Waals surface area contributed by atoms with Crippen molar-refractivity contribution in [3.63, 3.8) is 0 Å². The van der Waals surface area contributed by atoms with Gasteiger partial charge in [-0.3, -0.25) is 0 Å². The number of hydrogen-bond acceptors (Lipinski definition) is 1. The lowest BCUT2D eigenvalue weighted by Crippen LogP contribution is -2.11. The van der Waals surface area contributed by atoms with Crippen LogP contribution >= 0.6 is 7.41 Å². The molecule has 0 radical (unpaired) electrons. The first kappa shape index (κ1) is 12.1. The van der Waals surface area contributed by atoms with Crippen molar-refractivity contribution < 1.29 is 5.48 Å². The number of nitrogens with two attached hydrogens (primary N) is 1. The fraction of sp³-hybridized carbons (Fsp3) is 1.00. The molecule has 0 saturated carbocycles. The van der Waals surface area contributed by atoms with Gasteiger partial charge in [-0.05, 0) is 20.8 Å². The lowest BCUT2D eigenvalue weighted by molar-refractivity contribution is 0.824. The van der Waals surface area contributed by atoms with Crippen molar-refractivity contribution in [3.05, 3.63) is 0 Å². The molecule has 0 fully saturated rings. The Morgan fingerprint density at radius 1 is 1.00 bits per heavy atom. The van der Waals surface area contributed by atoms with Gasteiger partial charge in [0.2, 0.25) is 0 Å². The van der Waals surface area contributed by atoms with Gasteiger partial charge in [0, 0.05) is 0 Å². The molecule has 2 nitrogen and oxygen atoms in total. The molecule has 58 valence electrons. The molecular weight excluding hydrogens is 133 g/mol. The van der Waals surface area contributed by atoms with E-state index in [0.717, 1.165) is 0 Å². The monoisotopic (exact) mass is 152 g/mol. The van der Waals surface area contributed by atoms with Gasteiger partial charge in [0.25, 0.3) is 0 Å². The second-order valence-electron chi connectivity index (χ2n) is 2.17. The zero-order valence-electron chi connectivity index (χ0n) is 6.65. The molecule has 0 amide bonds. The van der Waals surface area contributed by atoms with Gasteiger partial charge in [-0.1, -0.05) is 0 Å². The summed E-state index contributed by atoms with van der Waals surface area (Å²) in [4.78, 5) is 0. The molecule has 0 aliphatic rings. The molecule has 0 bridgehead atoms. The van der Waals surface area contributed by atoms with Crippen LogP contribution in [-0.2, 0) is 0 Å². The van der Waals surface area contributed by atoms with Crippen molar-refractivity contribution in [2.45, 2.75) is 20.8 Å². The summed E-state index contributed by atoms with van der Waals surface area (Å²) in [6.45, 7) is 6.59. The van der Waals surface area contributed by atoms with Gasteiger partial charge in [0.15, 0.2) is 0 Å². The number of rotatable bonds is 3. The second-order valence-corrected chi connectivity index (χ2v) is 6.50. The van der Waals surface area contributed by atoms with E-state index in [1.54, 1.807) is 0 Å². The largest absolute Gasteiger partial charge is 0.412 e. The summed E-state index contributed by atoms with van der Waals surface area (Å²) in [6.07, 6.45) is 3.62. The van der Waals surface area contributed by atoms with Crippen molar-refractivity contribution >= 4 is 7.41 Å². The smallest absolute Gasteiger partial charge is 0.0761 e. The lowest BCUT2D eigenvalue weighted by atomic mass is 10.9. The molecule has 0 aromatic carbocycles. The summed E-state index contributed by atoms with van der Waals surface area (Å²) in [7, 11) is -0.912. The van der Waals surface area contributed by atoms with Gasteiger partial charge in [0.05, 0.1) is 25.9 Å². The molecule has 0 atom stereocenters. The maximum Gasteiger partial charge on any atom is 0.0761 e. The quantitative estimate of drug-likeness (QED) is 0.605. The first-order chi connectivity index (χ1) is 3.68. The number of hydrogen-bond donors (Lipinski definition) is 1. The summed E-state index contributed by atoms with van der Waals surface area (Å²) in [6, 6.07) is 0. The molecule has 0 saturated heterocycles. The van der Waals surface area contributed by atoms with E-state index in [0.29, 0.717) is 0 Å². The average molecular weight is 152 g/mol. The van der Waals surface area contributed by atoms with E-state index in [4.69, 9.17) is 5.50 Å².